The van der Waals surface area contributed by atoms with Crippen molar-refractivity contribution in [3.05, 3.63) is 47.3 Å². The maximum atomic E-state index is 12.8. The molecule has 0 spiro atoms. The molecule has 1 fully saturated rings. The highest BCUT2D eigenvalue weighted by atomic mass is 16.2. The number of carbonyl (C=O) groups excluding carboxylic acids is 1. The summed E-state index contributed by atoms with van der Waals surface area (Å²) in [6.07, 6.45) is 2.28. The number of piperidine rings is 1. The highest BCUT2D eigenvalue weighted by Gasteiger charge is 2.24. The van der Waals surface area contributed by atoms with E-state index in [9.17, 15) is 4.79 Å². The molecule has 5 heteroatoms. The summed E-state index contributed by atoms with van der Waals surface area (Å²) < 4.78 is 1.91. The number of hydrogen-bond donors (Lipinski definition) is 1. The van der Waals surface area contributed by atoms with Crippen LogP contribution in [0.4, 0.5) is 0 Å². The fourth-order valence-electron chi connectivity index (χ4n) is 3.52. The lowest BCUT2D eigenvalue weighted by Crippen LogP contribution is -2.42. The average Bonchev–Trinajstić information content (AvgIpc) is 2.93. The van der Waals surface area contributed by atoms with E-state index in [-0.39, 0.29) is 5.91 Å². The summed E-state index contributed by atoms with van der Waals surface area (Å²) >= 11 is 0. The summed E-state index contributed by atoms with van der Waals surface area (Å²) in [7, 11) is 1.97. The topological polar surface area (TPSA) is 50.2 Å². The Bertz CT molecular complexity index is 703. The molecule has 1 aliphatic rings. The van der Waals surface area contributed by atoms with E-state index in [1.807, 2.05) is 54.7 Å². The number of benzene rings is 1. The van der Waals surface area contributed by atoms with Crippen molar-refractivity contribution < 1.29 is 4.79 Å². The second-order valence-electron chi connectivity index (χ2n) is 6.70. The summed E-state index contributed by atoms with van der Waals surface area (Å²) in [5.74, 6) is 0.692. The third kappa shape index (κ3) is 3.51. The van der Waals surface area contributed by atoms with Crippen LogP contribution in [0, 0.1) is 19.8 Å². The van der Waals surface area contributed by atoms with Gasteiger partial charge in [-0.15, -0.1) is 0 Å². The quantitative estimate of drug-likeness (QED) is 0.939. The predicted octanol–water partition coefficient (Wildman–Crippen LogP) is 2.56. The van der Waals surface area contributed by atoms with Crippen LogP contribution in [0.15, 0.2) is 30.3 Å². The first-order chi connectivity index (χ1) is 11.6. The van der Waals surface area contributed by atoms with Crippen molar-refractivity contribution in [1.29, 1.82) is 0 Å². The molecular weight excluding hydrogens is 300 g/mol. The van der Waals surface area contributed by atoms with Crippen LogP contribution in [0.1, 0.15) is 34.6 Å². The molecule has 3 rings (SSSR count). The standard InChI is InChI=1S/C19H26N4O/c1-14-11-15(2)23(21-14)18-8-6-17(7-9-18)19(24)22-10-4-5-16(13-22)12-20-3/h6-9,11,16,20H,4-5,10,12-13H2,1-3H3/t16-/m1/s1. The predicted molar refractivity (Wildman–Crippen MR) is 95.6 cm³/mol. The molecule has 128 valence electrons. The summed E-state index contributed by atoms with van der Waals surface area (Å²) in [4.78, 5) is 14.7. The van der Waals surface area contributed by atoms with Gasteiger partial charge in [-0.2, -0.15) is 5.10 Å². The van der Waals surface area contributed by atoms with Gasteiger partial charge in [0.05, 0.1) is 11.4 Å². The highest BCUT2D eigenvalue weighted by Crippen LogP contribution is 2.19. The van der Waals surface area contributed by atoms with E-state index in [2.05, 4.69) is 16.5 Å². The molecule has 2 heterocycles. The van der Waals surface area contributed by atoms with Crippen LogP contribution in [-0.2, 0) is 0 Å². The van der Waals surface area contributed by atoms with Crippen molar-refractivity contribution in [3.63, 3.8) is 0 Å². The van der Waals surface area contributed by atoms with Gasteiger partial charge in [0.1, 0.15) is 0 Å². The minimum Gasteiger partial charge on any atom is -0.338 e. The summed E-state index contributed by atoms with van der Waals surface area (Å²) in [6, 6.07) is 9.82. The van der Waals surface area contributed by atoms with E-state index in [4.69, 9.17) is 0 Å². The lowest BCUT2D eigenvalue weighted by molar-refractivity contribution is 0.0674. The number of nitrogens with one attached hydrogen (secondary N) is 1. The van der Waals surface area contributed by atoms with Crippen LogP contribution in [0.5, 0.6) is 0 Å². The van der Waals surface area contributed by atoms with Crippen molar-refractivity contribution in [2.45, 2.75) is 26.7 Å². The summed E-state index contributed by atoms with van der Waals surface area (Å²) in [6.45, 7) is 6.70. The number of hydrogen-bond acceptors (Lipinski definition) is 3. The Balaban J connectivity index is 1.73. The maximum absolute atomic E-state index is 12.8. The van der Waals surface area contributed by atoms with Gasteiger partial charge in [0.25, 0.3) is 5.91 Å². The minimum absolute atomic E-state index is 0.135. The van der Waals surface area contributed by atoms with Gasteiger partial charge in [-0.05, 0) is 76.5 Å². The molecule has 24 heavy (non-hydrogen) atoms. The van der Waals surface area contributed by atoms with Crippen molar-refractivity contribution in [2.24, 2.45) is 5.92 Å². The zero-order chi connectivity index (χ0) is 17.1. The number of amides is 1. The Labute approximate surface area is 143 Å². The number of likely N-dealkylation sites (tertiary alicyclic amines) is 1. The van der Waals surface area contributed by atoms with Gasteiger partial charge in [0, 0.05) is 24.3 Å². The molecule has 0 radical (unpaired) electrons. The largest absolute Gasteiger partial charge is 0.338 e. The Morgan fingerprint density at radius 1 is 1.29 bits per heavy atom. The van der Waals surface area contributed by atoms with Crippen molar-refractivity contribution in [2.75, 3.05) is 26.7 Å². The number of carbonyl (C=O) groups is 1. The monoisotopic (exact) mass is 326 g/mol. The molecule has 1 aliphatic heterocycles. The van der Waals surface area contributed by atoms with E-state index in [1.165, 1.54) is 6.42 Å². The highest BCUT2D eigenvalue weighted by molar-refractivity contribution is 5.94. The first-order valence-electron chi connectivity index (χ1n) is 8.66. The van der Waals surface area contributed by atoms with Crippen LogP contribution >= 0.6 is 0 Å². The number of aryl methyl sites for hydroxylation is 2. The van der Waals surface area contributed by atoms with Crippen molar-refractivity contribution in [3.8, 4) is 5.69 Å². The van der Waals surface area contributed by atoms with Gasteiger partial charge >= 0.3 is 0 Å². The van der Waals surface area contributed by atoms with E-state index >= 15 is 0 Å². The fraction of sp³-hybridized carbons (Fsp3) is 0.474. The normalized spacial score (nSPS) is 18.0. The molecule has 0 aliphatic carbocycles. The van der Waals surface area contributed by atoms with E-state index in [0.717, 1.165) is 48.7 Å². The smallest absolute Gasteiger partial charge is 0.253 e. The molecule has 1 atom stereocenters. The van der Waals surface area contributed by atoms with Crippen LogP contribution < -0.4 is 5.32 Å². The zero-order valence-electron chi connectivity index (χ0n) is 14.7. The fourth-order valence-corrected chi connectivity index (χ4v) is 3.52. The second kappa shape index (κ2) is 7.18. The molecule has 0 unspecified atom stereocenters. The lowest BCUT2D eigenvalue weighted by Gasteiger charge is -2.32. The van der Waals surface area contributed by atoms with E-state index < -0.39 is 0 Å². The van der Waals surface area contributed by atoms with Gasteiger partial charge in [-0.25, -0.2) is 4.68 Å². The van der Waals surface area contributed by atoms with Crippen molar-refractivity contribution in [1.82, 2.24) is 20.0 Å². The van der Waals surface area contributed by atoms with Gasteiger partial charge in [-0.1, -0.05) is 0 Å². The summed E-state index contributed by atoms with van der Waals surface area (Å²) in [5, 5.41) is 7.71. The molecule has 5 nitrogen and oxygen atoms in total. The summed E-state index contributed by atoms with van der Waals surface area (Å²) in [5.41, 5.74) is 3.84. The molecule has 2 aromatic rings. The first-order valence-corrected chi connectivity index (χ1v) is 8.66. The van der Waals surface area contributed by atoms with Gasteiger partial charge in [0.2, 0.25) is 0 Å². The zero-order valence-corrected chi connectivity index (χ0v) is 14.7. The number of aromatic nitrogens is 2. The molecule has 0 saturated carbocycles. The van der Waals surface area contributed by atoms with Crippen LogP contribution in [0.2, 0.25) is 0 Å². The van der Waals surface area contributed by atoms with Gasteiger partial charge in [-0.3, -0.25) is 4.79 Å². The van der Waals surface area contributed by atoms with Crippen LogP contribution in [-0.4, -0.2) is 47.3 Å². The molecule has 1 amide bonds. The SMILES string of the molecule is CNC[C@H]1CCCN(C(=O)c2ccc(-n3nc(C)cc3C)cc2)C1. The third-order valence-corrected chi connectivity index (χ3v) is 4.67. The van der Waals surface area contributed by atoms with Crippen LogP contribution in [0.3, 0.4) is 0 Å². The molecule has 1 aromatic heterocycles. The maximum Gasteiger partial charge on any atom is 0.253 e. The Hall–Kier alpha value is -2.14. The van der Waals surface area contributed by atoms with Crippen molar-refractivity contribution >= 4 is 5.91 Å². The molecule has 1 saturated heterocycles. The van der Waals surface area contributed by atoms with Gasteiger partial charge < -0.3 is 10.2 Å². The van der Waals surface area contributed by atoms with Gasteiger partial charge in [0.15, 0.2) is 0 Å². The molecule has 1 aromatic carbocycles. The Morgan fingerprint density at radius 2 is 2.04 bits per heavy atom. The minimum atomic E-state index is 0.135. The molecule has 1 N–H and O–H groups in total. The Kier molecular flexibility index (Phi) is 5.00. The Morgan fingerprint density at radius 3 is 2.67 bits per heavy atom. The first kappa shape index (κ1) is 16.7. The van der Waals surface area contributed by atoms with E-state index in [0.29, 0.717) is 5.92 Å². The lowest BCUT2D eigenvalue weighted by atomic mass is 9.97. The number of nitrogens with zero attached hydrogens (tertiary/aromatic N) is 3. The molecular formula is C19H26N4O. The average molecular weight is 326 g/mol. The third-order valence-electron chi connectivity index (χ3n) is 4.67. The van der Waals surface area contributed by atoms with Crippen LogP contribution in [0.25, 0.3) is 5.69 Å². The van der Waals surface area contributed by atoms with E-state index in [1.54, 1.807) is 0 Å². The second-order valence-corrected chi connectivity index (χ2v) is 6.70. The number of rotatable bonds is 4. The molecule has 0 bridgehead atoms.